The first-order valence-electron chi connectivity index (χ1n) is 7.13. The first-order chi connectivity index (χ1) is 9.10. The lowest BCUT2D eigenvalue weighted by Gasteiger charge is -2.61. The van der Waals surface area contributed by atoms with Crippen LogP contribution in [0.3, 0.4) is 0 Å². The molecule has 100 valence electrons. The predicted molar refractivity (Wildman–Crippen MR) is 78.0 cm³/mol. The molecule has 1 aromatic rings. The van der Waals surface area contributed by atoms with Crippen molar-refractivity contribution in [1.82, 2.24) is 4.90 Å². The summed E-state index contributed by atoms with van der Waals surface area (Å²) in [5, 5.41) is 0. The summed E-state index contributed by atoms with van der Waals surface area (Å²) in [6, 6.07) is 8.65. The molecule has 2 fully saturated rings. The van der Waals surface area contributed by atoms with Crippen molar-refractivity contribution in [2.24, 2.45) is 5.92 Å². The fourth-order valence-electron chi connectivity index (χ4n) is 4.34. The van der Waals surface area contributed by atoms with Crippen LogP contribution in [0, 0.1) is 5.92 Å². The largest absolute Gasteiger partial charge is 0.326 e. The van der Waals surface area contributed by atoms with Gasteiger partial charge >= 0.3 is 0 Å². The third-order valence-electron chi connectivity index (χ3n) is 5.47. The van der Waals surface area contributed by atoms with Gasteiger partial charge in [-0.1, -0.05) is 30.7 Å². The van der Waals surface area contributed by atoms with Crippen molar-refractivity contribution >= 4 is 17.7 Å². The van der Waals surface area contributed by atoms with Gasteiger partial charge in [0.1, 0.15) is 4.87 Å². The molecule has 0 saturated carbocycles. The molecule has 2 nitrogen and oxygen atoms in total. The molecule has 2 saturated heterocycles. The van der Waals surface area contributed by atoms with Crippen LogP contribution in [0.15, 0.2) is 24.3 Å². The van der Waals surface area contributed by atoms with Crippen LogP contribution in [-0.2, 0) is 15.1 Å². The topological polar surface area (TPSA) is 20.3 Å². The van der Waals surface area contributed by atoms with Crippen molar-refractivity contribution in [1.29, 1.82) is 0 Å². The maximum atomic E-state index is 12.9. The van der Waals surface area contributed by atoms with E-state index in [1.165, 1.54) is 29.7 Å². The van der Waals surface area contributed by atoms with Crippen molar-refractivity contribution < 1.29 is 4.79 Å². The van der Waals surface area contributed by atoms with Crippen molar-refractivity contribution in [3.63, 3.8) is 0 Å². The molecule has 0 aromatic heterocycles. The predicted octanol–water partition coefficient (Wildman–Crippen LogP) is 3.12. The van der Waals surface area contributed by atoms with Crippen molar-refractivity contribution in [3.8, 4) is 0 Å². The number of carbonyl (C=O) groups excluding carboxylic acids is 1. The Morgan fingerprint density at radius 3 is 2.74 bits per heavy atom. The number of amides is 1. The summed E-state index contributed by atoms with van der Waals surface area (Å²) in [5.74, 6) is 2.16. The molecule has 0 aliphatic carbocycles. The zero-order valence-electron chi connectivity index (χ0n) is 11.5. The Bertz CT molecular complexity index is 572. The van der Waals surface area contributed by atoms with Gasteiger partial charge in [0.2, 0.25) is 5.91 Å². The summed E-state index contributed by atoms with van der Waals surface area (Å²) in [6.07, 6.45) is 3.43. The standard InChI is InChI=1S/C16H19NOS/c1-15-9-5-6-11-10-19-16(11,17(2)14(15)18)13-8-4-3-7-12(13)15/h3-4,7-8,11H,5-6,9-10H2,1-2H3/t11-,15+,16+/m0/s1. The maximum Gasteiger partial charge on any atom is 0.234 e. The van der Waals surface area contributed by atoms with E-state index < -0.39 is 0 Å². The lowest BCUT2D eigenvalue weighted by molar-refractivity contribution is -0.144. The number of likely N-dealkylation sites (N-methyl/N-ethyl adjacent to an activating group) is 1. The SMILES string of the molecule is CN1C(=O)[C@]2(C)CCC[C@H]3CS[C@@]31c1ccccc12. The number of hydrogen-bond donors (Lipinski definition) is 0. The van der Waals surface area contributed by atoms with Crippen LogP contribution in [-0.4, -0.2) is 23.6 Å². The zero-order chi connectivity index (χ0) is 13.3. The second-order valence-electron chi connectivity index (χ2n) is 6.34. The molecule has 4 rings (SSSR count). The summed E-state index contributed by atoms with van der Waals surface area (Å²) in [4.78, 5) is 14.9. The average molecular weight is 273 g/mol. The summed E-state index contributed by atoms with van der Waals surface area (Å²) >= 11 is 1.96. The van der Waals surface area contributed by atoms with E-state index in [1.807, 2.05) is 18.8 Å². The third-order valence-corrected chi connectivity index (χ3v) is 7.31. The molecule has 1 amide bonds. The Hall–Kier alpha value is -0.960. The number of carbonyl (C=O) groups is 1. The fourth-order valence-corrected chi connectivity index (χ4v) is 5.96. The molecular weight excluding hydrogens is 254 g/mol. The summed E-state index contributed by atoms with van der Waals surface area (Å²) in [7, 11) is 2.01. The normalized spacial score (nSPS) is 40.0. The minimum absolute atomic E-state index is 0.0619. The van der Waals surface area contributed by atoms with Crippen LogP contribution < -0.4 is 0 Å². The minimum Gasteiger partial charge on any atom is -0.326 e. The van der Waals surface area contributed by atoms with Crippen LogP contribution in [0.2, 0.25) is 0 Å². The second kappa shape index (κ2) is 3.57. The van der Waals surface area contributed by atoms with E-state index in [0.717, 1.165) is 6.42 Å². The van der Waals surface area contributed by atoms with Crippen LogP contribution >= 0.6 is 11.8 Å². The number of rotatable bonds is 0. The molecule has 1 aromatic carbocycles. The van der Waals surface area contributed by atoms with Crippen LogP contribution in [0.1, 0.15) is 37.3 Å². The Kier molecular flexibility index (Phi) is 2.22. The molecule has 0 radical (unpaired) electrons. The second-order valence-corrected chi connectivity index (χ2v) is 7.58. The van der Waals surface area contributed by atoms with E-state index in [-0.39, 0.29) is 10.3 Å². The molecule has 3 aliphatic heterocycles. The zero-order valence-corrected chi connectivity index (χ0v) is 12.3. The monoisotopic (exact) mass is 273 g/mol. The first kappa shape index (κ1) is 11.8. The molecule has 2 bridgehead atoms. The molecule has 19 heavy (non-hydrogen) atoms. The van der Waals surface area contributed by atoms with Gasteiger partial charge in [-0.15, -0.1) is 11.8 Å². The number of hydrogen-bond acceptors (Lipinski definition) is 2. The van der Waals surface area contributed by atoms with Gasteiger partial charge in [0.15, 0.2) is 0 Å². The van der Waals surface area contributed by atoms with Gasteiger partial charge in [0, 0.05) is 18.7 Å². The maximum absolute atomic E-state index is 12.9. The number of nitrogens with zero attached hydrogens (tertiary/aromatic N) is 1. The van der Waals surface area contributed by atoms with Gasteiger partial charge < -0.3 is 4.90 Å². The van der Waals surface area contributed by atoms with Gasteiger partial charge in [-0.25, -0.2) is 0 Å². The third kappa shape index (κ3) is 1.18. The number of fused-ring (bicyclic) bond motifs is 4. The first-order valence-corrected chi connectivity index (χ1v) is 8.11. The van der Waals surface area contributed by atoms with E-state index in [1.54, 1.807) is 0 Å². The Balaban J connectivity index is 2.05. The van der Waals surface area contributed by atoms with Crippen molar-refractivity contribution in [2.45, 2.75) is 36.5 Å². The fraction of sp³-hybridized carbons (Fsp3) is 0.562. The van der Waals surface area contributed by atoms with Gasteiger partial charge in [-0.2, -0.15) is 0 Å². The van der Waals surface area contributed by atoms with Crippen LogP contribution in [0.4, 0.5) is 0 Å². The average Bonchev–Trinajstić information content (AvgIpc) is 2.40. The lowest BCUT2D eigenvalue weighted by atomic mass is 9.65. The minimum atomic E-state index is -0.308. The van der Waals surface area contributed by atoms with Crippen LogP contribution in [0.5, 0.6) is 0 Å². The highest BCUT2D eigenvalue weighted by atomic mass is 32.2. The smallest absolute Gasteiger partial charge is 0.234 e. The highest BCUT2D eigenvalue weighted by molar-refractivity contribution is 8.01. The summed E-state index contributed by atoms with van der Waals surface area (Å²) < 4.78 is 0. The molecule has 0 N–H and O–H groups in total. The van der Waals surface area contributed by atoms with E-state index in [2.05, 4.69) is 36.1 Å². The molecule has 3 heteroatoms. The van der Waals surface area contributed by atoms with Crippen molar-refractivity contribution in [3.05, 3.63) is 35.4 Å². The van der Waals surface area contributed by atoms with Gasteiger partial charge in [0.25, 0.3) is 0 Å². The Morgan fingerprint density at radius 2 is 2.05 bits per heavy atom. The summed E-state index contributed by atoms with van der Waals surface area (Å²) in [6.45, 7) is 2.14. The van der Waals surface area contributed by atoms with Crippen molar-refractivity contribution in [2.75, 3.05) is 12.8 Å². The van der Waals surface area contributed by atoms with Gasteiger partial charge in [-0.05, 0) is 30.9 Å². The number of benzene rings is 1. The van der Waals surface area contributed by atoms with Gasteiger partial charge in [-0.3, -0.25) is 4.79 Å². The van der Waals surface area contributed by atoms with E-state index >= 15 is 0 Å². The molecule has 1 spiro atoms. The highest BCUT2D eigenvalue weighted by Gasteiger charge is 2.62. The Morgan fingerprint density at radius 1 is 1.32 bits per heavy atom. The van der Waals surface area contributed by atoms with E-state index in [9.17, 15) is 4.79 Å². The molecular formula is C16H19NOS. The molecule has 3 heterocycles. The van der Waals surface area contributed by atoms with Crippen LogP contribution in [0.25, 0.3) is 0 Å². The number of thioether (sulfide) groups is 1. The quantitative estimate of drug-likeness (QED) is 0.724. The van der Waals surface area contributed by atoms with Gasteiger partial charge in [0.05, 0.1) is 5.41 Å². The molecule has 0 unspecified atom stereocenters. The van der Waals surface area contributed by atoms with E-state index in [4.69, 9.17) is 0 Å². The Labute approximate surface area is 118 Å². The lowest BCUT2D eigenvalue weighted by Crippen LogP contribution is -2.65. The molecule has 3 atom stereocenters. The van der Waals surface area contributed by atoms with E-state index in [0.29, 0.717) is 11.8 Å². The highest BCUT2D eigenvalue weighted by Crippen LogP contribution is 2.63. The molecule has 3 aliphatic rings. The summed E-state index contributed by atoms with van der Waals surface area (Å²) in [5.41, 5.74) is 2.38.